The number of nitrogens with zero attached hydrogens (tertiary/aromatic N) is 4. The lowest BCUT2D eigenvalue weighted by molar-refractivity contribution is -0.0605. The first-order valence-electron chi connectivity index (χ1n) is 8.05. The average molecular weight is 329 g/mol. The minimum Gasteiger partial charge on any atom is -0.370 e. The molecule has 2 aliphatic heterocycles. The molecule has 1 N–H and O–H groups in total. The number of piperidine rings is 1. The minimum atomic E-state index is -0.341. The standard InChI is InChI=1S/C16H19N5O3/c1-9-5-12(15(22)18-10(9)2)16(23)20-4-3-14-13(7-20)21-11(8-24-14)6-17-19-21/h5-6,13-14H,3-4,7-8H2,1-2H3,(H,18,22)/t13-,14-/m1/s1. The van der Waals surface area contributed by atoms with E-state index in [-0.39, 0.29) is 29.2 Å². The van der Waals surface area contributed by atoms with E-state index < -0.39 is 0 Å². The van der Waals surface area contributed by atoms with E-state index in [0.717, 1.165) is 23.4 Å². The van der Waals surface area contributed by atoms with Gasteiger partial charge in [-0.15, -0.1) is 5.10 Å². The van der Waals surface area contributed by atoms with E-state index in [1.165, 1.54) is 0 Å². The summed E-state index contributed by atoms with van der Waals surface area (Å²) < 4.78 is 7.70. The number of amides is 1. The predicted molar refractivity (Wildman–Crippen MR) is 84.7 cm³/mol. The number of aryl methyl sites for hydroxylation is 2. The summed E-state index contributed by atoms with van der Waals surface area (Å²) in [5.74, 6) is -0.245. The Kier molecular flexibility index (Phi) is 3.49. The third kappa shape index (κ3) is 2.34. The fourth-order valence-corrected chi connectivity index (χ4v) is 3.42. The molecule has 2 atom stereocenters. The number of likely N-dealkylation sites (tertiary alicyclic amines) is 1. The van der Waals surface area contributed by atoms with E-state index >= 15 is 0 Å². The van der Waals surface area contributed by atoms with Crippen LogP contribution in [0.5, 0.6) is 0 Å². The molecule has 0 aromatic carbocycles. The number of pyridine rings is 1. The fourth-order valence-electron chi connectivity index (χ4n) is 3.42. The van der Waals surface area contributed by atoms with Crippen molar-refractivity contribution in [3.05, 3.63) is 45.1 Å². The van der Waals surface area contributed by atoms with E-state index in [1.54, 1.807) is 17.2 Å². The van der Waals surface area contributed by atoms with Gasteiger partial charge in [-0.3, -0.25) is 9.59 Å². The number of aromatic amines is 1. The molecule has 0 radical (unpaired) electrons. The van der Waals surface area contributed by atoms with Crippen LogP contribution in [0.4, 0.5) is 0 Å². The van der Waals surface area contributed by atoms with Crippen molar-refractivity contribution in [2.75, 3.05) is 13.1 Å². The van der Waals surface area contributed by atoms with Crippen molar-refractivity contribution in [3.8, 4) is 0 Å². The molecular weight excluding hydrogens is 310 g/mol. The van der Waals surface area contributed by atoms with Crippen molar-refractivity contribution in [2.24, 2.45) is 0 Å². The number of nitrogens with one attached hydrogen (secondary N) is 1. The molecule has 2 aliphatic rings. The number of hydrogen-bond acceptors (Lipinski definition) is 5. The molecular formula is C16H19N5O3. The predicted octanol–water partition coefficient (Wildman–Crippen LogP) is 0.569. The Hall–Kier alpha value is -2.48. The highest BCUT2D eigenvalue weighted by Crippen LogP contribution is 2.30. The molecule has 0 saturated carbocycles. The first-order valence-corrected chi connectivity index (χ1v) is 8.05. The number of rotatable bonds is 1. The summed E-state index contributed by atoms with van der Waals surface area (Å²) in [7, 11) is 0. The van der Waals surface area contributed by atoms with Crippen molar-refractivity contribution in [3.63, 3.8) is 0 Å². The van der Waals surface area contributed by atoms with Gasteiger partial charge < -0.3 is 14.6 Å². The lowest BCUT2D eigenvalue weighted by atomic mass is 9.99. The lowest BCUT2D eigenvalue weighted by Crippen LogP contribution is -2.50. The monoisotopic (exact) mass is 329 g/mol. The number of fused-ring (bicyclic) bond motifs is 3. The number of carbonyl (C=O) groups is 1. The zero-order valence-corrected chi connectivity index (χ0v) is 13.7. The summed E-state index contributed by atoms with van der Waals surface area (Å²) in [6, 6.07) is 1.61. The smallest absolute Gasteiger partial charge is 0.261 e. The van der Waals surface area contributed by atoms with E-state index in [4.69, 9.17) is 4.74 Å². The third-order valence-corrected chi connectivity index (χ3v) is 4.94. The van der Waals surface area contributed by atoms with Crippen LogP contribution in [0.3, 0.4) is 0 Å². The molecule has 1 fully saturated rings. The van der Waals surface area contributed by atoms with Gasteiger partial charge in [0, 0.05) is 18.8 Å². The topological polar surface area (TPSA) is 93.1 Å². The zero-order chi connectivity index (χ0) is 16.8. The van der Waals surface area contributed by atoms with Crippen LogP contribution in [0.1, 0.15) is 39.8 Å². The lowest BCUT2D eigenvalue weighted by Gasteiger charge is -2.40. The quantitative estimate of drug-likeness (QED) is 0.825. The second kappa shape index (κ2) is 5.55. The maximum absolute atomic E-state index is 12.8. The van der Waals surface area contributed by atoms with Crippen LogP contribution in [0.2, 0.25) is 0 Å². The Morgan fingerprint density at radius 1 is 1.42 bits per heavy atom. The van der Waals surface area contributed by atoms with Gasteiger partial charge in [-0.05, 0) is 31.9 Å². The van der Waals surface area contributed by atoms with Crippen molar-refractivity contribution >= 4 is 5.91 Å². The van der Waals surface area contributed by atoms with Crippen LogP contribution in [-0.4, -0.2) is 50.0 Å². The molecule has 126 valence electrons. The van der Waals surface area contributed by atoms with Crippen molar-refractivity contribution in [1.82, 2.24) is 24.9 Å². The van der Waals surface area contributed by atoms with Crippen LogP contribution < -0.4 is 5.56 Å². The van der Waals surface area contributed by atoms with Crippen LogP contribution in [0, 0.1) is 13.8 Å². The van der Waals surface area contributed by atoms with Gasteiger partial charge in [0.05, 0.1) is 30.6 Å². The minimum absolute atomic E-state index is 0.0290. The number of ether oxygens (including phenoxy) is 1. The largest absolute Gasteiger partial charge is 0.370 e. The van der Waals surface area contributed by atoms with E-state index in [2.05, 4.69) is 15.3 Å². The van der Waals surface area contributed by atoms with E-state index in [0.29, 0.717) is 19.7 Å². The molecule has 0 spiro atoms. The van der Waals surface area contributed by atoms with Gasteiger partial charge in [0.1, 0.15) is 5.56 Å². The van der Waals surface area contributed by atoms with E-state index in [9.17, 15) is 9.59 Å². The van der Waals surface area contributed by atoms with Crippen molar-refractivity contribution in [2.45, 2.75) is 39.0 Å². The van der Waals surface area contributed by atoms with Gasteiger partial charge in [0.15, 0.2) is 0 Å². The molecule has 0 bridgehead atoms. The SMILES string of the molecule is Cc1cc(C(=O)N2CC[C@H]3OCc4cnnn4[C@@H]3C2)c(=O)[nH]c1C. The Labute approximate surface area is 138 Å². The van der Waals surface area contributed by atoms with Gasteiger partial charge >= 0.3 is 0 Å². The van der Waals surface area contributed by atoms with Gasteiger partial charge in [-0.25, -0.2) is 4.68 Å². The van der Waals surface area contributed by atoms with Gasteiger partial charge in [-0.1, -0.05) is 5.21 Å². The highest BCUT2D eigenvalue weighted by molar-refractivity contribution is 5.94. The molecule has 2 aromatic heterocycles. The summed E-state index contributed by atoms with van der Waals surface area (Å²) in [5.41, 5.74) is 2.43. The molecule has 8 heteroatoms. The second-order valence-corrected chi connectivity index (χ2v) is 6.45. The van der Waals surface area contributed by atoms with Gasteiger partial charge in [0.2, 0.25) is 0 Å². The average Bonchev–Trinajstić information content (AvgIpc) is 3.06. The first-order chi connectivity index (χ1) is 11.5. The summed E-state index contributed by atoms with van der Waals surface area (Å²) in [4.78, 5) is 29.4. The molecule has 4 heterocycles. The highest BCUT2D eigenvalue weighted by Gasteiger charge is 2.38. The van der Waals surface area contributed by atoms with Crippen molar-refractivity contribution in [1.29, 1.82) is 0 Å². The van der Waals surface area contributed by atoms with Crippen molar-refractivity contribution < 1.29 is 9.53 Å². The van der Waals surface area contributed by atoms with E-state index in [1.807, 2.05) is 18.5 Å². The van der Waals surface area contributed by atoms with Crippen LogP contribution in [0.25, 0.3) is 0 Å². The summed E-state index contributed by atoms with van der Waals surface area (Å²) in [6.45, 7) is 5.23. The molecule has 24 heavy (non-hydrogen) atoms. The first kappa shape index (κ1) is 15.1. The van der Waals surface area contributed by atoms with Crippen LogP contribution >= 0.6 is 0 Å². The third-order valence-electron chi connectivity index (χ3n) is 4.94. The molecule has 1 amide bonds. The fraction of sp³-hybridized carbons (Fsp3) is 0.500. The molecule has 2 aromatic rings. The molecule has 1 saturated heterocycles. The Balaban J connectivity index is 1.62. The Bertz CT molecular complexity index is 856. The maximum atomic E-state index is 12.8. The Morgan fingerprint density at radius 3 is 3.08 bits per heavy atom. The molecule has 0 unspecified atom stereocenters. The highest BCUT2D eigenvalue weighted by atomic mass is 16.5. The second-order valence-electron chi connectivity index (χ2n) is 6.45. The van der Waals surface area contributed by atoms with Crippen LogP contribution in [0.15, 0.2) is 17.1 Å². The normalized spacial score (nSPS) is 22.8. The summed E-state index contributed by atoms with van der Waals surface area (Å²) in [6.07, 6.45) is 2.44. The number of H-pyrrole nitrogens is 1. The Morgan fingerprint density at radius 2 is 2.25 bits per heavy atom. The van der Waals surface area contributed by atoms with Gasteiger partial charge in [-0.2, -0.15) is 0 Å². The zero-order valence-electron chi connectivity index (χ0n) is 13.7. The number of hydrogen-bond donors (Lipinski definition) is 1. The van der Waals surface area contributed by atoms with Gasteiger partial charge in [0.25, 0.3) is 11.5 Å². The molecule has 8 nitrogen and oxygen atoms in total. The summed E-state index contributed by atoms with van der Waals surface area (Å²) >= 11 is 0. The molecule has 0 aliphatic carbocycles. The molecule has 4 rings (SSSR count). The van der Waals surface area contributed by atoms with Crippen LogP contribution in [-0.2, 0) is 11.3 Å². The number of carbonyl (C=O) groups excluding carboxylic acids is 1. The maximum Gasteiger partial charge on any atom is 0.261 e. The summed E-state index contributed by atoms with van der Waals surface area (Å²) in [5, 5.41) is 8.06. The number of aromatic nitrogens is 4.